The van der Waals surface area contributed by atoms with Crippen molar-refractivity contribution in [2.45, 2.75) is 59.2 Å². The van der Waals surface area contributed by atoms with Gasteiger partial charge in [0.2, 0.25) is 5.91 Å². The third-order valence-corrected chi connectivity index (χ3v) is 6.37. The third-order valence-electron chi connectivity index (χ3n) is 6.37. The van der Waals surface area contributed by atoms with Crippen molar-refractivity contribution in [1.29, 1.82) is 5.26 Å². The highest BCUT2D eigenvalue weighted by molar-refractivity contribution is 6.04. The average molecular weight is 473 g/mol. The molecule has 35 heavy (non-hydrogen) atoms. The zero-order chi connectivity index (χ0) is 25.3. The lowest BCUT2D eigenvalue weighted by Crippen LogP contribution is -2.49. The Morgan fingerprint density at radius 2 is 2.03 bits per heavy atom. The molecule has 0 saturated heterocycles. The molecule has 0 bridgehead atoms. The molecule has 3 aromatic rings. The highest BCUT2D eigenvalue weighted by atomic mass is 16.2. The van der Waals surface area contributed by atoms with Gasteiger partial charge in [0.15, 0.2) is 0 Å². The Kier molecular flexibility index (Phi) is 6.48. The van der Waals surface area contributed by atoms with E-state index in [-0.39, 0.29) is 17.9 Å². The zero-order valence-electron chi connectivity index (χ0n) is 21.1. The van der Waals surface area contributed by atoms with Crippen molar-refractivity contribution in [2.24, 2.45) is 5.92 Å². The minimum absolute atomic E-state index is 0.00615. The fourth-order valence-corrected chi connectivity index (χ4v) is 4.36. The van der Waals surface area contributed by atoms with Gasteiger partial charge in [0.05, 0.1) is 47.0 Å². The van der Waals surface area contributed by atoms with E-state index in [0.29, 0.717) is 13.1 Å². The van der Waals surface area contributed by atoms with Crippen LogP contribution in [0.1, 0.15) is 50.2 Å². The monoisotopic (exact) mass is 472 g/mol. The number of pyridine rings is 2. The molecule has 4 rings (SSSR count). The second-order valence-corrected chi connectivity index (χ2v) is 9.96. The van der Waals surface area contributed by atoms with Crippen molar-refractivity contribution in [3.8, 4) is 6.07 Å². The summed E-state index contributed by atoms with van der Waals surface area (Å²) in [6, 6.07) is 7.93. The first-order chi connectivity index (χ1) is 16.6. The predicted octanol–water partition coefficient (Wildman–Crippen LogP) is 3.86. The summed E-state index contributed by atoms with van der Waals surface area (Å²) in [6.45, 7) is 10.9. The van der Waals surface area contributed by atoms with Gasteiger partial charge in [-0.3, -0.25) is 14.5 Å². The van der Waals surface area contributed by atoms with Crippen LogP contribution in [0.3, 0.4) is 0 Å². The van der Waals surface area contributed by atoms with Gasteiger partial charge in [-0.05, 0) is 38.3 Å². The molecule has 4 heterocycles. The minimum atomic E-state index is -0.609. The number of aromatic nitrogens is 4. The van der Waals surface area contributed by atoms with Crippen LogP contribution >= 0.6 is 0 Å². The number of nitriles is 1. The van der Waals surface area contributed by atoms with Gasteiger partial charge in [0.1, 0.15) is 11.9 Å². The second-order valence-electron chi connectivity index (χ2n) is 9.96. The van der Waals surface area contributed by atoms with E-state index in [1.807, 2.05) is 81.8 Å². The van der Waals surface area contributed by atoms with Crippen molar-refractivity contribution < 1.29 is 4.79 Å². The summed E-state index contributed by atoms with van der Waals surface area (Å²) in [5.74, 6) is 0.944. The Labute approximate surface area is 206 Å². The van der Waals surface area contributed by atoms with Gasteiger partial charge < -0.3 is 15.5 Å². The summed E-state index contributed by atoms with van der Waals surface area (Å²) in [5.41, 5.74) is 4.70. The molecule has 0 radical (unpaired) electrons. The molecule has 3 aromatic heterocycles. The lowest BCUT2D eigenvalue weighted by molar-refractivity contribution is -0.118. The van der Waals surface area contributed by atoms with E-state index in [2.05, 4.69) is 31.8 Å². The van der Waals surface area contributed by atoms with E-state index in [9.17, 15) is 10.1 Å². The van der Waals surface area contributed by atoms with Crippen molar-refractivity contribution in [1.82, 2.24) is 19.7 Å². The number of carbonyl (C=O) groups is 1. The number of anilines is 3. The molecule has 1 amide bonds. The minimum Gasteiger partial charge on any atom is -0.366 e. The maximum absolute atomic E-state index is 12.5. The summed E-state index contributed by atoms with van der Waals surface area (Å²) < 4.78 is 1.87. The van der Waals surface area contributed by atoms with Crippen LogP contribution < -0.4 is 15.5 Å². The quantitative estimate of drug-likeness (QED) is 0.537. The van der Waals surface area contributed by atoms with Crippen LogP contribution in [0.15, 0.2) is 36.8 Å². The van der Waals surface area contributed by atoms with Crippen LogP contribution in [-0.4, -0.2) is 38.7 Å². The maximum atomic E-state index is 12.5. The summed E-state index contributed by atoms with van der Waals surface area (Å²) in [7, 11) is 1.96. The molecule has 1 unspecified atom stereocenters. The van der Waals surface area contributed by atoms with E-state index < -0.39 is 5.41 Å². The maximum Gasteiger partial charge on any atom is 0.247 e. The molecule has 182 valence electrons. The van der Waals surface area contributed by atoms with Gasteiger partial charge in [-0.25, -0.2) is 4.98 Å². The molecule has 9 nitrogen and oxygen atoms in total. The first-order valence-electron chi connectivity index (χ1n) is 11.8. The number of rotatable bonds is 7. The van der Waals surface area contributed by atoms with E-state index in [0.717, 1.165) is 39.7 Å². The molecule has 1 atom stereocenters. The molecule has 0 spiro atoms. The Balaban J connectivity index is 1.43. The highest BCUT2D eigenvalue weighted by Crippen LogP contribution is 2.36. The van der Waals surface area contributed by atoms with Gasteiger partial charge in [-0.2, -0.15) is 10.4 Å². The Morgan fingerprint density at radius 1 is 1.26 bits per heavy atom. The van der Waals surface area contributed by atoms with Crippen molar-refractivity contribution in [3.63, 3.8) is 0 Å². The number of hydrogen-bond acceptors (Lipinski definition) is 7. The van der Waals surface area contributed by atoms with Gasteiger partial charge in [0, 0.05) is 37.6 Å². The van der Waals surface area contributed by atoms with Crippen molar-refractivity contribution in [2.75, 3.05) is 22.6 Å². The fourth-order valence-electron chi connectivity index (χ4n) is 4.36. The molecular formula is C26H32N8O. The number of nitrogens with zero attached hydrogens (tertiary/aromatic N) is 6. The van der Waals surface area contributed by atoms with Gasteiger partial charge >= 0.3 is 0 Å². The molecule has 0 fully saturated rings. The van der Waals surface area contributed by atoms with E-state index >= 15 is 0 Å². The third kappa shape index (κ3) is 4.97. The van der Waals surface area contributed by atoms with E-state index in [1.165, 1.54) is 0 Å². The number of hydrogen-bond donors (Lipinski definition) is 2. The number of nitrogens with one attached hydrogen (secondary N) is 2. The number of likely N-dealkylation sites (N-methyl/N-ethyl adjacent to an activating group) is 1. The molecule has 0 aliphatic carbocycles. The first-order valence-corrected chi connectivity index (χ1v) is 11.8. The van der Waals surface area contributed by atoms with Crippen LogP contribution in [0, 0.1) is 24.2 Å². The molecule has 1 aliphatic rings. The lowest BCUT2D eigenvalue weighted by atomic mass is 9.91. The standard InChI is InChI=1S/C26H32N8O/c1-16(2)24-25(35)32-23-17(3)31-22(9-20(23)33(24)6)29-11-19-12-30-34(14-19)13-18-7-8-21(28-10-18)26(4,5)15-27/h7-10,12,14,16,24H,11,13H2,1-6H3,(H,29,31)(H,32,35). The summed E-state index contributed by atoms with van der Waals surface area (Å²) in [4.78, 5) is 23.7. The molecule has 0 aromatic carbocycles. The van der Waals surface area contributed by atoms with E-state index in [1.54, 1.807) is 6.20 Å². The lowest BCUT2D eigenvalue weighted by Gasteiger charge is -2.38. The molecular weight excluding hydrogens is 440 g/mol. The van der Waals surface area contributed by atoms with Crippen molar-refractivity contribution in [3.05, 3.63) is 59.3 Å². The average Bonchev–Trinajstić information content (AvgIpc) is 3.26. The summed E-state index contributed by atoms with van der Waals surface area (Å²) in [5, 5.41) is 20.2. The highest BCUT2D eigenvalue weighted by Gasteiger charge is 2.34. The second kappa shape index (κ2) is 9.37. The summed E-state index contributed by atoms with van der Waals surface area (Å²) >= 11 is 0. The molecule has 0 saturated carbocycles. The SMILES string of the molecule is Cc1nc(NCc2cnn(Cc3ccc(C(C)(C)C#N)nc3)c2)cc2c1NC(=O)C(C(C)C)N2C. The summed E-state index contributed by atoms with van der Waals surface area (Å²) in [6.07, 6.45) is 5.63. The fraction of sp³-hybridized carbons (Fsp3) is 0.423. The van der Waals surface area contributed by atoms with Gasteiger partial charge in [0.25, 0.3) is 0 Å². The topological polar surface area (TPSA) is 112 Å². The van der Waals surface area contributed by atoms with Crippen LogP contribution in [-0.2, 0) is 23.3 Å². The Morgan fingerprint density at radius 3 is 2.69 bits per heavy atom. The number of carbonyl (C=O) groups excluding carboxylic acids is 1. The largest absolute Gasteiger partial charge is 0.366 e. The van der Waals surface area contributed by atoms with Gasteiger partial charge in [-0.15, -0.1) is 0 Å². The Bertz CT molecular complexity index is 1270. The van der Waals surface area contributed by atoms with Crippen LogP contribution in [0.25, 0.3) is 0 Å². The van der Waals surface area contributed by atoms with Gasteiger partial charge in [-0.1, -0.05) is 19.9 Å². The smallest absolute Gasteiger partial charge is 0.247 e. The molecule has 9 heteroatoms. The van der Waals surface area contributed by atoms with Crippen LogP contribution in [0.4, 0.5) is 17.2 Å². The predicted molar refractivity (Wildman–Crippen MR) is 136 cm³/mol. The Hall–Kier alpha value is -3.93. The van der Waals surface area contributed by atoms with Crippen LogP contribution in [0.2, 0.25) is 0 Å². The molecule has 1 aliphatic heterocycles. The van der Waals surface area contributed by atoms with Crippen LogP contribution in [0.5, 0.6) is 0 Å². The molecule has 2 N–H and O–H groups in total. The normalized spacial score (nSPS) is 15.5. The first kappa shape index (κ1) is 24.2. The number of aryl methyl sites for hydroxylation is 1. The number of fused-ring (bicyclic) bond motifs is 1. The number of amides is 1. The zero-order valence-corrected chi connectivity index (χ0v) is 21.1. The van der Waals surface area contributed by atoms with E-state index in [4.69, 9.17) is 0 Å². The van der Waals surface area contributed by atoms with Crippen molar-refractivity contribution >= 4 is 23.1 Å².